The first kappa shape index (κ1) is 26.4. The lowest BCUT2D eigenvalue weighted by Gasteiger charge is -2.45. The number of halogens is 2. The van der Waals surface area contributed by atoms with Gasteiger partial charge in [-0.15, -0.1) is 24.8 Å². The van der Waals surface area contributed by atoms with Crippen molar-refractivity contribution in [2.45, 2.75) is 32.2 Å². The maximum atomic E-state index is 12.0. The van der Waals surface area contributed by atoms with E-state index in [1.807, 2.05) is 41.3 Å². The summed E-state index contributed by atoms with van der Waals surface area (Å²) in [5, 5.41) is 7.41. The topological polar surface area (TPSA) is 65.1 Å². The highest BCUT2D eigenvalue weighted by Crippen LogP contribution is 2.24. The lowest BCUT2D eigenvalue weighted by Crippen LogP contribution is -2.57. The number of rotatable bonds is 7. The molecule has 1 N–H and O–H groups in total. The van der Waals surface area contributed by atoms with Crippen LogP contribution in [0.25, 0.3) is 0 Å². The number of hydrogen-bond donors (Lipinski definition) is 1. The van der Waals surface area contributed by atoms with Gasteiger partial charge in [-0.05, 0) is 45.0 Å². The third-order valence-corrected chi connectivity index (χ3v) is 5.39. The van der Waals surface area contributed by atoms with Gasteiger partial charge in [0.15, 0.2) is 0 Å². The first-order chi connectivity index (χ1) is 13.7. The number of nitrogens with zero attached hydrogens (tertiary/aromatic N) is 3. The Kier molecular flexibility index (Phi) is 12.0. The molecule has 168 valence electrons. The van der Waals surface area contributed by atoms with E-state index >= 15 is 0 Å². The summed E-state index contributed by atoms with van der Waals surface area (Å²) in [7, 11) is 0. The Bertz CT molecular complexity index is 687. The fraction of sp³-hybridized carbons (Fsp3) is 0.571. The van der Waals surface area contributed by atoms with E-state index in [0.29, 0.717) is 18.3 Å². The number of anilines is 1. The summed E-state index contributed by atoms with van der Waals surface area (Å²) in [6, 6.07) is 10.3. The summed E-state index contributed by atoms with van der Waals surface area (Å²) < 4.78 is 5.05. The number of nitrogens with one attached hydrogen (secondary N) is 1. The lowest BCUT2D eigenvalue weighted by molar-refractivity contribution is -0.142. The van der Waals surface area contributed by atoms with Gasteiger partial charge in [0.05, 0.1) is 18.7 Å². The minimum absolute atomic E-state index is 0. The van der Waals surface area contributed by atoms with Crippen LogP contribution in [0.2, 0.25) is 0 Å². The quantitative estimate of drug-likeness (QED) is 0.496. The van der Waals surface area contributed by atoms with Crippen LogP contribution in [0.4, 0.5) is 5.69 Å². The van der Waals surface area contributed by atoms with Crippen LogP contribution < -0.4 is 10.3 Å². The highest BCUT2D eigenvalue weighted by atomic mass is 35.5. The van der Waals surface area contributed by atoms with E-state index in [9.17, 15) is 9.59 Å². The number of piperidine rings is 1. The number of piperazine rings is 1. The van der Waals surface area contributed by atoms with Gasteiger partial charge in [-0.3, -0.25) is 14.7 Å². The summed E-state index contributed by atoms with van der Waals surface area (Å²) in [6.07, 6.45) is 2.29. The molecule has 2 heterocycles. The second-order valence-corrected chi connectivity index (χ2v) is 7.15. The Hall–Kier alpha value is -1.60. The minimum Gasteiger partial charge on any atom is -0.466 e. The summed E-state index contributed by atoms with van der Waals surface area (Å²) >= 11 is 0. The van der Waals surface area contributed by atoms with Crippen LogP contribution >= 0.6 is 24.8 Å². The van der Waals surface area contributed by atoms with Crippen LogP contribution in [0, 0.1) is 0 Å². The molecular formula is C21H32Cl2N4O3. The number of hydrogen-bond acceptors (Lipinski definition) is 7. The molecule has 0 atom stereocenters. The summed E-state index contributed by atoms with van der Waals surface area (Å²) in [4.78, 5) is 26.3. The summed E-state index contributed by atoms with van der Waals surface area (Å²) in [5.41, 5.74) is 1.15. The fourth-order valence-corrected chi connectivity index (χ4v) is 4.01. The molecule has 2 saturated heterocycles. The van der Waals surface area contributed by atoms with Gasteiger partial charge in [0.1, 0.15) is 11.6 Å². The van der Waals surface area contributed by atoms with Crippen LogP contribution in [-0.2, 0) is 14.3 Å². The largest absolute Gasteiger partial charge is 0.466 e. The standard InChI is InChI=1S/C21H30N4O3.2ClH/c1-2-28-21(27)16-20(17-26)25(19-6-4-3-5-7-19)24-14-12-23(13-15-24)18-8-10-22-11-9-18;;/h3-7,18,22H,2,8-16H2,1H3;2*1H. The van der Waals surface area contributed by atoms with Gasteiger partial charge in [0.25, 0.3) is 0 Å². The van der Waals surface area contributed by atoms with Gasteiger partial charge in [-0.2, -0.15) is 0 Å². The molecule has 0 aromatic heterocycles. The smallest absolute Gasteiger partial charge is 0.312 e. The molecule has 7 nitrogen and oxygen atoms in total. The van der Waals surface area contributed by atoms with E-state index in [2.05, 4.69) is 15.2 Å². The van der Waals surface area contributed by atoms with Crippen molar-refractivity contribution < 1.29 is 14.3 Å². The van der Waals surface area contributed by atoms with Gasteiger partial charge < -0.3 is 10.1 Å². The van der Waals surface area contributed by atoms with Gasteiger partial charge in [-0.25, -0.2) is 9.80 Å². The van der Waals surface area contributed by atoms with E-state index in [1.54, 1.807) is 6.92 Å². The van der Waals surface area contributed by atoms with Crippen molar-refractivity contribution in [2.24, 2.45) is 0 Å². The average Bonchev–Trinajstić information content (AvgIpc) is 2.75. The molecule has 0 bridgehead atoms. The number of carbonyl (C=O) groups is 1. The maximum absolute atomic E-state index is 12.0. The molecule has 1 aromatic rings. The maximum Gasteiger partial charge on any atom is 0.312 e. The van der Waals surface area contributed by atoms with E-state index in [1.165, 1.54) is 12.8 Å². The SMILES string of the molecule is CCOC(=O)CC(=C=O)N(c1ccccc1)N1CCN(C2CCNCC2)CC1.Cl.Cl. The number of benzene rings is 1. The summed E-state index contributed by atoms with van der Waals surface area (Å²) in [5.74, 6) is 1.58. The summed E-state index contributed by atoms with van der Waals surface area (Å²) in [6.45, 7) is 7.71. The molecule has 2 fully saturated rings. The normalized spacial score (nSPS) is 17.8. The third-order valence-electron chi connectivity index (χ3n) is 5.39. The van der Waals surface area contributed by atoms with Crippen molar-refractivity contribution in [3.05, 3.63) is 36.0 Å². The second kappa shape index (κ2) is 13.7. The van der Waals surface area contributed by atoms with Crippen LogP contribution in [0.5, 0.6) is 0 Å². The Morgan fingerprint density at radius 3 is 2.33 bits per heavy atom. The first-order valence-electron chi connectivity index (χ1n) is 10.2. The Morgan fingerprint density at radius 2 is 1.77 bits per heavy atom. The van der Waals surface area contributed by atoms with Crippen molar-refractivity contribution in [2.75, 3.05) is 50.9 Å². The molecule has 0 spiro atoms. The molecule has 9 heteroatoms. The van der Waals surface area contributed by atoms with Crippen LogP contribution in [0.3, 0.4) is 0 Å². The predicted molar refractivity (Wildman–Crippen MR) is 123 cm³/mol. The zero-order valence-corrected chi connectivity index (χ0v) is 19.1. The molecule has 0 saturated carbocycles. The van der Waals surface area contributed by atoms with Crippen molar-refractivity contribution in [1.29, 1.82) is 0 Å². The van der Waals surface area contributed by atoms with Gasteiger partial charge in [0, 0.05) is 32.2 Å². The van der Waals surface area contributed by atoms with Crippen LogP contribution in [0.15, 0.2) is 36.0 Å². The monoisotopic (exact) mass is 458 g/mol. The molecule has 3 rings (SSSR count). The van der Waals surface area contributed by atoms with Crippen molar-refractivity contribution in [1.82, 2.24) is 15.2 Å². The van der Waals surface area contributed by atoms with Gasteiger partial charge in [-0.1, -0.05) is 18.2 Å². The molecule has 0 unspecified atom stereocenters. The first-order valence-corrected chi connectivity index (χ1v) is 10.2. The van der Waals surface area contributed by atoms with Crippen LogP contribution in [0.1, 0.15) is 26.2 Å². The van der Waals surface area contributed by atoms with Crippen molar-refractivity contribution in [3.63, 3.8) is 0 Å². The minimum atomic E-state index is -0.407. The zero-order chi connectivity index (χ0) is 19.8. The van der Waals surface area contributed by atoms with Gasteiger partial charge in [0.2, 0.25) is 0 Å². The molecule has 2 aliphatic rings. The number of para-hydroxylation sites is 1. The third kappa shape index (κ3) is 6.98. The number of ether oxygens (including phenoxy) is 1. The van der Waals surface area contributed by atoms with E-state index in [4.69, 9.17) is 4.74 Å². The number of esters is 1. The fourth-order valence-electron chi connectivity index (χ4n) is 4.01. The van der Waals surface area contributed by atoms with E-state index in [-0.39, 0.29) is 31.2 Å². The van der Waals surface area contributed by atoms with E-state index < -0.39 is 5.97 Å². The highest BCUT2D eigenvalue weighted by molar-refractivity contribution is 5.85. The van der Waals surface area contributed by atoms with Crippen molar-refractivity contribution >= 4 is 42.4 Å². The average molecular weight is 459 g/mol. The molecule has 0 aliphatic carbocycles. The van der Waals surface area contributed by atoms with Crippen molar-refractivity contribution in [3.8, 4) is 0 Å². The second-order valence-electron chi connectivity index (χ2n) is 7.15. The molecule has 30 heavy (non-hydrogen) atoms. The molecular weight excluding hydrogens is 427 g/mol. The highest BCUT2D eigenvalue weighted by Gasteiger charge is 2.30. The molecule has 0 radical (unpaired) electrons. The van der Waals surface area contributed by atoms with Crippen LogP contribution in [-0.4, -0.2) is 73.7 Å². The lowest BCUT2D eigenvalue weighted by atomic mass is 10.0. The number of carbonyl (C=O) groups excluding carboxylic acids is 2. The molecule has 1 aromatic carbocycles. The molecule has 2 aliphatic heterocycles. The Balaban J connectivity index is 0.00000225. The Morgan fingerprint density at radius 1 is 1.13 bits per heavy atom. The molecule has 0 amide bonds. The van der Waals surface area contributed by atoms with Gasteiger partial charge >= 0.3 is 5.97 Å². The van der Waals surface area contributed by atoms with E-state index in [0.717, 1.165) is 45.0 Å². The Labute approximate surface area is 191 Å². The predicted octanol–water partition coefficient (Wildman–Crippen LogP) is 2.29. The zero-order valence-electron chi connectivity index (χ0n) is 17.4. The number of hydrazine groups is 1.